The molecule has 4 rings (SSSR count). The maximum absolute atomic E-state index is 11.5. The Balaban J connectivity index is 1.71. The van der Waals surface area contributed by atoms with Gasteiger partial charge in [0, 0.05) is 16.5 Å². The number of fused-ring (bicyclic) bond motifs is 2. The number of carbonyl (C=O) groups excluding carboxylic acids is 1. The smallest absolute Gasteiger partial charge is 0.248 e. The lowest BCUT2D eigenvalue weighted by Crippen LogP contribution is -2.10. The number of ether oxygens (including phenoxy) is 1. The maximum atomic E-state index is 11.5. The zero-order valence-corrected chi connectivity index (χ0v) is 15.2. The van der Waals surface area contributed by atoms with Gasteiger partial charge in [0.15, 0.2) is 0 Å². The molecule has 0 spiro atoms. The number of aromatic amines is 1. The third-order valence-electron chi connectivity index (χ3n) is 4.70. The van der Waals surface area contributed by atoms with E-state index in [0.717, 1.165) is 58.1 Å². The van der Waals surface area contributed by atoms with Crippen molar-refractivity contribution in [2.45, 2.75) is 19.8 Å². The van der Waals surface area contributed by atoms with Crippen LogP contribution in [0.25, 0.3) is 32.9 Å². The van der Waals surface area contributed by atoms with Gasteiger partial charge in [-0.15, -0.1) is 0 Å². The van der Waals surface area contributed by atoms with Crippen LogP contribution in [0.1, 0.15) is 30.1 Å². The Bertz CT molecular complexity index is 1130. The van der Waals surface area contributed by atoms with E-state index in [9.17, 15) is 4.79 Å². The van der Waals surface area contributed by atoms with Gasteiger partial charge in [0.2, 0.25) is 5.91 Å². The third-order valence-corrected chi connectivity index (χ3v) is 4.70. The average molecular weight is 359 g/mol. The first-order valence-corrected chi connectivity index (χ1v) is 9.10. The van der Waals surface area contributed by atoms with Gasteiger partial charge in [0.1, 0.15) is 5.75 Å². The van der Waals surface area contributed by atoms with Crippen molar-refractivity contribution in [2.24, 2.45) is 5.73 Å². The summed E-state index contributed by atoms with van der Waals surface area (Å²) in [6, 6.07) is 17.6. The van der Waals surface area contributed by atoms with Gasteiger partial charge in [-0.1, -0.05) is 31.5 Å². The van der Waals surface area contributed by atoms with E-state index in [4.69, 9.17) is 10.5 Å². The summed E-state index contributed by atoms with van der Waals surface area (Å²) in [6.45, 7) is 2.89. The summed E-state index contributed by atoms with van der Waals surface area (Å²) in [6.07, 6.45) is 2.17. The minimum atomic E-state index is -0.446. The molecule has 0 atom stereocenters. The first kappa shape index (κ1) is 17.1. The average Bonchev–Trinajstić information content (AvgIpc) is 3.11. The molecular formula is C22H21N3O2. The van der Waals surface area contributed by atoms with Gasteiger partial charge in [-0.25, -0.2) is 0 Å². The number of amides is 1. The van der Waals surface area contributed by atoms with Crippen LogP contribution >= 0.6 is 0 Å². The SMILES string of the molecule is CCCCOc1ccc2cc(-c3n[nH]c4ccc(C(N)=O)cc34)ccc2c1. The monoisotopic (exact) mass is 359 g/mol. The van der Waals surface area contributed by atoms with Crippen molar-refractivity contribution < 1.29 is 9.53 Å². The molecule has 1 amide bonds. The highest BCUT2D eigenvalue weighted by Gasteiger charge is 2.11. The molecule has 1 heterocycles. The van der Waals surface area contributed by atoms with E-state index in [1.54, 1.807) is 12.1 Å². The lowest BCUT2D eigenvalue weighted by atomic mass is 10.0. The van der Waals surface area contributed by atoms with Crippen molar-refractivity contribution in [3.63, 3.8) is 0 Å². The zero-order chi connectivity index (χ0) is 18.8. The Morgan fingerprint density at radius 1 is 1.07 bits per heavy atom. The highest BCUT2D eigenvalue weighted by molar-refractivity contribution is 6.01. The molecule has 136 valence electrons. The summed E-state index contributed by atoms with van der Waals surface area (Å²) < 4.78 is 5.79. The molecule has 0 fully saturated rings. The molecule has 3 N–H and O–H groups in total. The van der Waals surface area contributed by atoms with Crippen LogP contribution in [0.5, 0.6) is 5.75 Å². The second-order valence-electron chi connectivity index (χ2n) is 6.62. The van der Waals surface area contributed by atoms with Gasteiger partial charge in [0.05, 0.1) is 17.8 Å². The Labute approximate surface area is 157 Å². The number of carbonyl (C=O) groups is 1. The molecule has 0 aliphatic heterocycles. The van der Waals surface area contributed by atoms with Crippen molar-refractivity contribution in [2.75, 3.05) is 6.61 Å². The number of nitrogens with two attached hydrogens (primary N) is 1. The van der Waals surface area contributed by atoms with Gasteiger partial charge in [0.25, 0.3) is 0 Å². The molecule has 0 unspecified atom stereocenters. The number of hydrogen-bond acceptors (Lipinski definition) is 3. The summed E-state index contributed by atoms with van der Waals surface area (Å²) in [5.74, 6) is 0.443. The topological polar surface area (TPSA) is 81.0 Å². The summed E-state index contributed by atoms with van der Waals surface area (Å²) >= 11 is 0. The number of rotatable bonds is 6. The van der Waals surface area contributed by atoms with Crippen LogP contribution in [0.15, 0.2) is 54.6 Å². The predicted octanol–water partition coefficient (Wildman–Crippen LogP) is 4.66. The van der Waals surface area contributed by atoms with Gasteiger partial charge >= 0.3 is 0 Å². The molecule has 0 saturated heterocycles. The van der Waals surface area contributed by atoms with Gasteiger partial charge in [-0.2, -0.15) is 5.10 Å². The van der Waals surface area contributed by atoms with Crippen LogP contribution in [0.4, 0.5) is 0 Å². The second kappa shape index (κ2) is 7.11. The molecule has 0 aliphatic carbocycles. The molecule has 0 saturated carbocycles. The Hall–Kier alpha value is -3.34. The number of benzene rings is 3. The van der Waals surface area contributed by atoms with Gasteiger partial charge in [-0.3, -0.25) is 9.89 Å². The van der Waals surface area contributed by atoms with Crippen LogP contribution in [0.3, 0.4) is 0 Å². The van der Waals surface area contributed by atoms with Crippen LogP contribution in [-0.2, 0) is 0 Å². The molecule has 5 nitrogen and oxygen atoms in total. The van der Waals surface area contributed by atoms with Crippen LogP contribution in [0, 0.1) is 0 Å². The maximum Gasteiger partial charge on any atom is 0.248 e. The summed E-state index contributed by atoms with van der Waals surface area (Å²) in [5.41, 5.74) is 8.54. The van der Waals surface area contributed by atoms with Crippen molar-refractivity contribution in [3.05, 3.63) is 60.2 Å². The fourth-order valence-corrected chi connectivity index (χ4v) is 3.18. The standard InChI is InChI=1S/C22H21N3O2/c1-2-3-10-27-18-8-6-14-11-16(5-4-15(14)12-18)21-19-13-17(22(23)26)7-9-20(19)24-25-21/h4-9,11-13H,2-3,10H2,1H3,(H2,23,26)(H,24,25). The first-order valence-electron chi connectivity index (χ1n) is 9.10. The number of unbranched alkanes of at least 4 members (excludes halogenated alkanes) is 1. The molecule has 1 aromatic heterocycles. The van der Waals surface area contributed by atoms with Crippen molar-refractivity contribution >= 4 is 27.6 Å². The normalized spacial score (nSPS) is 11.1. The van der Waals surface area contributed by atoms with Crippen LogP contribution in [-0.4, -0.2) is 22.7 Å². The summed E-state index contributed by atoms with van der Waals surface area (Å²) in [7, 11) is 0. The minimum Gasteiger partial charge on any atom is -0.494 e. The molecule has 4 aromatic rings. The zero-order valence-electron chi connectivity index (χ0n) is 15.2. The molecule has 27 heavy (non-hydrogen) atoms. The molecule has 0 bridgehead atoms. The first-order chi connectivity index (χ1) is 13.2. The highest BCUT2D eigenvalue weighted by Crippen LogP contribution is 2.30. The summed E-state index contributed by atoms with van der Waals surface area (Å²) in [4.78, 5) is 11.5. The van der Waals surface area contributed by atoms with Gasteiger partial charge in [-0.05, 0) is 53.6 Å². The quantitative estimate of drug-likeness (QED) is 0.491. The highest BCUT2D eigenvalue weighted by atomic mass is 16.5. The number of nitrogens with one attached hydrogen (secondary N) is 1. The molecule has 5 heteroatoms. The van der Waals surface area contributed by atoms with Crippen molar-refractivity contribution in [1.82, 2.24) is 10.2 Å². The number of hydrogen-bond donors (Lipinski definition) is 2. The number of nitrogens with zero attached hydrogens (tertiary/aromatic N) is 1. The molecular weight excluding hydrogens is 338 g/mol. The van der Waals surface area contributed by atoms with E-state index in [-0.39, 0.29) is 0 Å². The third kappa shape index (κ3) is 3.36. The largest absolute Gasteiger partial charge is 0.494 e. The van der Waals surface area contributed by atoms with E-state index in [1.165, 1.54) is 0 Å². The fraction of sp³-hybridized carbons (Fsp3) is 0.182. The molecule has 3 aromatic carbocycles. The molecule has 0 aliphatic rings. The number of primary amides is 1. The lowest BCUT2D eigenvalue weighted by Gasteiger charge is -2.07. The van der Waals surface area contributed by atoms with E-state index < -0.39 is 5.91 Å². The van der Waals surface area contributed by atoms with Crippen molar-refractivity contribution in [3.8, 4) is 17.0 Å². The number of aromatic nitrogens is 2. The second-order valence-corrected chi connectivity index (χ2v) is 6.62. The van der Waals surface area contributed by atoms with E-state index in [2.05, 4.69) is 41.4 Å². The van der Waals surface area contributed by atoms with Crippen LogP contribution < -0.4 is 10.5 Å². The number of H-pyrrole nitrogens is 1. The Morgan fingerprint density at radius 3 is 2.70 bits per heavy atom. The van der Waals surface area contributed by atoms with Crippen LogP contribution in [0.2, 0.25) is 0 Å². The minimum absolute atomic E-state index is 0.446. The Morgan fingerprint density at radius 2 is 1.89 bits per heavy atom. The lowest BCUT2D eigenvalue weighted by molar-refractivity contribution is 0.100. The van der Waals surface area contributed by atoms with Gasteiger partial charge < -0.3 is 10.5 Å². The van der Waals surface area contributed by atoms with E-state index in [0.29, 0.717) is 5.56 Å². The fourth-order valence-electron chi connectivity index (χ4n) is 3.18. The predicted molar refractivity (Wildman–Crippen MR) is 108 cm³/mol. The van der Waals surface area contributed by atoms with E-state index >= 15 is 0 Å². The van der Waals surface area contributed by atoms with E-state index in [1.807, 2.05) is 18.2 Å². The molecule has 0 radical (unpaired) electrons. The Kier molecular flexibility index (Phi) is 4.50. The van der Waals surface area contributed by atoms with Crippen molar-refractivity contribution in [1.29, 1.82) is 0 Å². The summed E-state index contributed by atoms with van der Waals surface area (Å²) in [5, 5.41) is 10.6.